The van der Waals surface area contributed by atoms with E-state index >= 15 is 0 Å². The molecular weight excluding hydrogens is 372 g/mol. The van der Waals surface area contributed by atoms with Crippen LogP contribution in [0.5, 0.6) is 17.2 Å². The van der Waals surface area contributed by atoms with E-state index in [2.05, 4.69) is 5.32 Å². The molecule has 0 bridgehead atoms. The van der Waals surface area contributed by atoms with E-state index in [1.54, 1.807) is 42.5 Å². The smallest absolute Gasteiger partial charge is 0.265 e. The molecule has 8 nitrogen and oxygen atoms in total. The number of fused-ring (bicyclic) bond motifs is 2. The summed E-state index contributed by atoms with van der Waals surface area (Å²) in [5, 5.41) is 2.79. The van der Waals surface area contributed by atoms with Crippen molar-refractivity contribution in [3.8, 4) is 17.2 Å². The second-order valence-corrected chi connectivity index (χ2v) is 8.16. The van der Waals surface area contributed by atoms with E-state index in [1.807, 2.05) is 0 Å². The van der Waals surface area contributed by atoms with Gasteiger partial charge in [0.15, 0.2) is 17.6 Å². The molecule has 4 rings (SSSR count). The second-order valence-electron chi connectivity index (χ2n) is 6.26. The molecule has 0 saturated carbocycles. The molecular formula is C18H18N2O6S. The molecule has 2 aromatic carbocycles. The third-order valence-corrected chi connectivity index (χ3v) is 5.51. The molecule has 2 aromatic rings. The number of para-hydroxylation sites is 2. The van der Waals surface area contributed by atoms with Gasteiger partial charge in [-0.15, -0.1) is 0 Å². The summed E-state index contributed by atoms with van der Waals surface area (Å²) in [6.45, 7) is 0.297. The standard InChI is InChI=1S/C18H18N2O6S/c1-27(22,23)20-9-8-16(26-14-5-3-2-4-13(14)20)18(21)19-12-6-7-15-17(10-12)25-11-24-15/h2-7,10,16H,8-9,11H2,1H3,(H,19,21). The average molecular weight is 390 g/mol. The summed E-state index contributed by atoms with van der Waals surface area (Å²) >= 11 is 0. The van der Waals surface area contributed by atoms with E-state index in [0.717, 1.165) is 6.26 Å². The van der Waals surface area contributed by atoms with Crippen molar-refractivity contribution < 1.29 is 27.4 Å². The molecule has 0 radical (unpaired) electrons. The Morgan fingerprint density at radius 3 is 2.70 bits per heavy atom. The summed E-state index contributed by atoms with van der Waals surface area (Å²) in [6, 6.07) is 11.9. The van der Waals surface area contributed by atoms with Gasteiger partial charge < -0.3 is 19.5 Å². The minimum atomic E-state index is -3.49. The molecule has 2 heterocycles. The largest absolute Gasteiger partial charge is 0.478 e. The van der Waals surface area contributed by atoms with Crippen molar-refractivity contribution in [2.24, 2.45) is 0 Å². The van der Waals surface area contributed by atoms with E-state index in [-0.39, 0.29) is 25.7 Å². The van der Waals surface area contributed by atoms with Crippen LogP contribution in [0, 0.1) is 0 Å². The number of carbonyl (C=O) groups excluding carboxylic acids is 1. The van der Waals surface area contributed by atoms with Crippen molar-refractivity contribution in [3.05, 3.63) is 42.5 Å². The fourth-order valence-electron chi connectivity index (χ4n) is 3.06. The van der Waals surface area contributed by atoms with Gasteiger partial charge in [-0.25, -0.2) is 8.42 Å². The number of anilines is 2. The molecule has 1 atom stereocenters. The maximum atomic E-state index is 12.7. The molecule has 0 aromatic heterocycles. The van der Waals surface area contributed by atoms with Gasteiger partial charge in [-0.1, -0.05) is 12.1 Å². The summed E-state index contributed by atoms with van der Waals surface area (Å²) in [6.07, 6.45) is 0.526. The third-order valence-electron chi connectivity index (χ3n) is 4.33. The topological polar surface area (TPSA) is 94.2 Å². The van der Waals surface area contributed by atoms with E-state index in [1.165, 1.54) is 4.31 Å². The molecule has 27 heavy (non-hydrogen) atoms. The Morgan fingerprint density at radius 1 is 1.11 bits per heavy atom. The van der Waals surface area contributed by atoms with Gasteiger partial charge in [0, 0.05) is 24.7 Å². The zero-order valence-corrected chi connectivity index (χ0v) is 15.4. The average Bonchev–Trinajstić information content (AvgIpc) is 2.98. The van der Waals surface area contributed by atoms with E-state index in [0.29, 0.717) is 28.6 Å². The molecule has 2 aliphatic heterocycles. The fraction of sp³-hybridized carbons (Fsp3) is 0.278. The van der Waals surface area contributed by atoms with Crippen LogP contribution in [0.1, 0.15) is 6.42 Å². The first-order valence-corrected chi connectivity index (χ1v) is 10.2. The molecule has 0 fully saturated rings. The van der Waals surface area contributed by atoms with Gasteiger partial charge in [0.25, 0.3) is 5.91 Å². The Hall–Kier alpha value is -2.94. The Balaban J connectivity index is 1.55. The van der Waals surface area contributed by atoms with Crippen LogP contribution in [0.2, 0.25) is 0 Å². The summed E-state index contributed by atoms with van der Waals surface area (Å²) in [5.41, 5.74) is 0.976. The zero-order valence-electron chi connectivity index (χ0n) is 14.5. The van der Waals surface area contributed by atoms with Crippen LogP contribution in [0.15, 0.2) is 42.5 Å². The first kappa shape index (κ1) is 17.5. The molecule has 1 amide bonds. The number of hydrogen-bond acceptors (Lipinski definition) is 6. The van der Waals surface area contributed by atoms with Gasteiger partial charge in [-0.3, -0.25) is 9.10 Å². The lowest BCUT2D eigenvalue weighted by Crippen LogP contribution is -2.35. The number of benzene rings is 2. The predicted octanol–water partition coefficient (Wildman–Crippen LogP) is 1.97. The molecule has 0 aliphatic carbocycles. The monoisotopic (exact) mass is 390 g/mol. The Morgan fingerprint density at radius 2 is 1.89 bits per heavy atom. The van der Waals surface area contributed by atoms with E-state index < -0.39 is 16.1 Å². The third kappa shape index (κ3) is 3.50. The van der Waals surface area contributed by atoms with Crippen LogP contribution in [0.4, 0.5) is 11.4 Å². The van der Waals surface area contributed by atoms with Crippen molar-refractivity contribution in [2.45, 2.75) is 12.5 Å². The van der Waals surface area contributed by atoms with Gasteiger partial charge in [0.2, 0.25) is 16.8 Å². The van der Waals surface area contributed by atoms with Crippen molar-refractivity contribution >= 4 is 27.3 Å². The summed E-state index contributed by atoms with van der Waals surface area (Å²) in [5.74, 6) is 1.17. The summed E-state index contributed by atoms with van der Waals surface area (Å²) < 4.78 is 41.9. The van der Waals surface area contributed by atoms with Crippen LogP contribution in [-0.4, -0.2) is 40.0 Å². The SMILES string of the molecule is CS(=O)(=O)N1CCC(C(=O)Nc2ccc3c(c2)OCO3)Oc2ccccc21. The van der Waals surface area contributed by atoms with E-state index in [4.69, 9.17) is 14.2 Å². The highest BCUT2D eigenvalue weighted by Crippen LogP contribution is 2.36. The zero-order chi connectivity index (χ0) is 19.0. The maximum absolute atomic E-state index is 12.7. The number of ether oxygens (including phenoxy) is 3. The maximum Gasteiger partial charge on any atom is 0.265 e. The number of amides is 1. The van der Waals surface area contributed by atoms with Crippen molar-refractivity contribution in [2.75, 3.05) is 29.2 Å². The first-order chi connectivity index (χ1) is 12.9. The van der Waals surface area contributed by atoms with Gasteiger partial charge in [0.05, 0.1) is 11.9 Å². The Kier molecular flexibility index (Phi) is 4.31. The molecule has 142 valence electrons. The van der Waals surface area contributed by atoms with Gasteiger partial charge in [-0.2, -0.15) is 0 Å². The van der Waals surface area contributed by atoms with Crippen LogP contribution >= 0.6 is 0 Å². The van der Waals surface area contributed by atoms with Crippen LogP contribution in [0.3, 0.4) is 0 Å². The molecule has 2 aliphatic rings. The lowest BCUT2D eigenvalue weighted by molar-refractivity contribution is -0.122. The van der Waals surface area contributed by atoms with Gasteiger partial charge in [0.1, 0.15) is 5.75 Å². The number of rotatable bonds is 3. The highest BCUT2D eigenvalue weighted by molar-refractivity contribution is 7.92. The molecule has 0 spiro atoms. The summed E-state index contributed by atoms with van der Waals surface area (Å²) in [4.78, 5) is 12.7. The van der Waals surface area contributed by atoms with Crippen LogP contribution in [-0.2, 0) is 14.8 Å². The predicted molar refractivity (Wildman–Crippen MR) is 98.9 cm³/mol. The van der Waals surface area contributed by atoms with Crippen molar-refractivity contribution in [1.82, 2.24) is 0 Å². The molecule has 1 N–H and O–H groups in total. The highest BCUT2D eigenvalue weighted by Gasteiger charge is 2.31. The lowest BCUT2D eigenvalue weighted by Gasteiger charge is -2.20. The van der Waals surface area contributed by atoms with E-state index in [9.17, 15) is 13.2 Å². The van der Waals surface area contributed by atoms with Gasteiger partial charge >= 0.3 is 0 Å². The van der Waals surface area contributed by atoms with Crippen molar-refractivity contribution in [3.63, 3.8) is 0 Å². The molecule has 1 unspecified atom stereocenters. The fourth-order valence-corrected chi connectivity index (χ4v) is 4.00. The quantitative estimate of drug-likeness (QED) is 0.861. The van der Waals surface area contributed by atoms with Crippen LogP contribution < -0.4 is 23.8 Å². The number of sulfonamides is 1. The number of nitrogens with one attached hydrogen (secondary N) is 1. The lowest BCUT2D eigenvalue weighted by atomic mass is 10.2. The highest BCUT2D eigenvalue weighted by atomic mass is 32.2. The molecule has 0 saturated heterocycles. The molecule has 9 heteroatoms. The number of carbonyl (C=O) groups is 1. The number of hydrogen-bond donors (Lipinski definition) is 1. The number of nitrogens with zero attached hydrogens (tertiary/aromatic N) is 1. The van der Waals surface area contributed by atoms with Gasteiger partial charge in [-0.05, 0) is 24.3 Å². The first-order valence-electron chi connectivity index (χ1n) is 8.36. The Bertz CT molecular complexity index is 991. The second kappa shape index (κ2) is 6.66. The minimum Gasteiger partial charge on any atom is -0.478 e. The Labute approximate surface area is 156 Å². The van der Waals surface area contributed by atoms with Crippen LogP contribution in [0.25, 0.3) is 0 Å². The van der Waals surface area contributed by atoms with Crippen molar-refractivity contribution in [1.29, 1.82) is 0 Å². The normalized spacial score (nSPS) is 18.3. The minimum absolute atomic E-state index is 0.148. The summed E-state index contributed by atoms with van der Waals surface area (Å²) in [7, 11) is -3.49.